The van der Waals surface area contributed by atoms with E-state index in [0.717, 1.165) is 0 Å². The highest BCUT2D eigenvalue weighted by atomic mass is 16.8. The summed E-state index contributed by atoms with van der Waals surface area (Å²) in [6.07, 6.45) is -1.68. The van der Waals surface area contributed by atoms with Crippen LogP contribution in [-0.4, -0.2) is 55.0 Å². The van der Waals surface area contributed by atoms with Crippen molar-refractivity contribution in [3.63, 3.8) is 0 Å². The second-order valence-electron chi connectivity index (χ2n) is 5.71. The Hall–Kier alpha value is -1.22. The third kappa shape index (κ3) is 3.18. The summed E-state index contributed by atoms with van der Waals surface area (Å²) in [7, 11) is 0. The Morgan fingerprint density at radius 2 is 1.95 bits per heavy atom. The first-order valence-corrected chi connectivity index (χ1v) is 6.72. The second-order valence-corrected chi connectivity index (χ2v) is 5.71. The number of hydrogen-bond acceptors (Lipinski definition) is 8. The lowest BCUT2D eigenvalue weighted by molar-refractivity contribution is -0.281. The van der Waals surface area contributed by atoms with Crippen molar-refractivity contribution in [3.8, 4) is 0 Å². The summed E-state index contributed by atoms with van der Waals surface area (Å²) >= 11 is 0. The number of ether oxygens (including phenoxy) is 5. The predicted molar refractivity (Wildman–Crippen MR) is 68.9 cm³/mol. The highest BCUT2D eigenvalue weighted by Crippen LogP contribution is 2.44. The Morgan fingerprint density at radius 1 is 1.29 bits per heavy atom. The van der Waals surface area contributed by atoms with Crippen molar-refractivity contribution in [1.82, 2.24) is 0 Å². The lowest BCUT2D eigenvalue weighted by atomic mass is 9.89. The van der Waals surface area contributed by atoms with Crippen LogP contribution >= 0.6 is 0 Å². The summed E-state index contributed by atoms with van der Waals surface area (Å²) in [5.41, 5.74) is 4.74. The average molecular weight is 303 g/mol. The minimum absolute atomic E-state index is 0.143. The number of rotatable bonds is 3. The molecule has 2 aliphatic heterocycles. The molecule has 0 amide bonds. The fourth-order valence-electron chi connectivity index (χ4n) is 2.68. The molecule has 4 atom stereocenters. The number of carbonyl (C=O) groups excluding carboxylic acids is 2. The first kappa shape index (κ1) is 16.2. The van der Waals surface area contributed by atoms with E-state index in [1.165, 1.54) is 13.8 Å². The molecule has 8 nitrogen and oxygen atoms in total. The first-order valence-electron chi connectivity index (χ1n) is 6.72. The predicted octanol–water partition coefficient (Wildman–Crippen LogP) is -0.313. The molecular weight excluding hydrogens is 282 g/mol. The summed E-state index contributed by atoms with van der Waals surface area (Å²) in [6.45, 7) is 5.91. The second kappa shape index (κ2) is 5.53. The van der Waals surface area contributed by atoms with Gasteiger partial charge >= 0.3 is 11.9 Å². The Morgan fingerprint density at radius 3 is 2.52 bits per heavy atom. The van der Waals surface area contributed by atoms with E-state index in [-0.39, 0.29) is 13.2 Å². The largest absolute Gasteiger partial charge is 0.462 e. The minimum Gasteiger partial charge on any atom is -0.462 e. The maximum absolute atomic E-state index is 11.3. The molecule has 2 fully saturated rings. The Labute approximate surface area is 122 Å². The smallest absolute Gasteiger partial charge is 0.305 e. The highest BCUT2D eigenvalue weighted by molar-refractivity contribution is 5.66. The monoisotopic (exact) mass is 303 g/mol. The third-order valence-corrected chi connectivity index (χ3v) is 3.33. The number of fused-ring (bicyclic) bond motifs is 1. The van der Waals surface area contributed by atoms with Gasteiger partial charge in [0.2, 0.25) is 6.29 Å². The van der Waals surface area contributed by atoms with Crippen molar-refractivity contribution in [2.75, 3.05) is 13.2 Å². The van der Waals surface area contributed by atoms with E-state index in [4.69, 9.17) is 29.4 Å². The molecule has 1 unspecified atom stereocenters. The lowest BCUT2D eigenvalue weighted by Crippen LogP contribution is -2.66. The molecule has 2 saturated heterocycles. The summed E-state index contributed by atoms with van der Waals surface area (Å²) < 4.78 is 27.4. The fraction of sp³-hybridized carbons (Fsp3) is 0.846. The van der Waals surface area contributed by atoms with E-state index in [9.17, 15) is 9.59 Å². The Kier molecular flexibility index (Phi) is 4.25. The zero-order valence-corrected chi connectivity index (χ0v) is 12.6. The summed E-state index contributed by atoms with van der Waals surface area (Å²) in [4.78, 5) is 22.4. The van der Waals surface area contributed by atoms with Gasteiger partial charge in [0.05, 0.1) is 12.6 Å². The molecule has 0 spiro atoms. The molecule has 0 aromatic heterocycles. The summed E-state index contributed by atoms with van der Waals surface area (Å²) in [5, 5.41) is 0. The van der Waals surface area contributed by atoms with E-state index >= 15 is 0 Å². The Balaban J connectivity index is 2.33. The normalized spacial score (nSPS) is 37.7. The highest BCUT2D eigenvalue weighted by Gasteiger charge is 2.64. The molecule has 0 aromatic rings. The third-order valence-electron chi connectivity index (χ3n) is 3.33. The molecule has 21 heavy (non-hydrogen) atoms. The number of nitrogens with two attached hydrogens (primary N) is 1. The zero-order valence-electron chi connectivity index (χ0n) is 12.6. The topological polar surface area (TPSA) is 106 Å². The van der Waals surface area contributed by atoms with Gasteiger partial charge in [0, 0.05) is 13.8 Å². The van der Waals surface area contributed by atoms with Gasteiger partial charge in [0.15, 0.2) is 11.4 Å². The van der Waals surface area contributed by atoms with Crippen LogP contribution in [0.4, 0.5) is 0 Å². The summed E-state index contributed by atoms with van der Waals surface area (Å²) in [6, 6.07) is -0.492. The van der Waals surface area contributed by atoms with E-state index in [1.807, 2.05) is 0 Å². The van der Waals surface area contributed by atoms with Crippen LogP contribution in [0, 0.1) is 0 Å². The van der Waals surface area contributed by atoms with E-state index in [1.54, 1.807) is 13.8 Å². The minimum atomic E-state index is -1.28. The Bertz CT molecular complexity index is 438. The lowest BCUT2D eigenvalue weighted by Gasteiger charge is -2.43. The standard InChI is InChI=1S/C13H21NO7/c1-7(15)18-6-13-10(20-12(3,4)21-13)9(14)5-17-11(13)19-8(2)16/h9-11H,5-6,14H2,1-4H3/t9-,10-,11?,13-/m1/s1. The summed E-state index contributed by atoms with van der Waals surface area (Å²) in [5.74, 6) is -1.99. The van der Waals surface area contributed by atoms with Crippen LogP contribution in [0.2, 0.25) is 0 Å². The molecule has 0 bridgehead atoms. The van der Waals surface area contributed by atoms with Crippen LogP contribution in [0.25, 0.3) is 0 Å². The molecule has 8 heteroatoms. The number of esters is 2. The molecule has 2 rings (SSSR count). The van der Waals surface area contributed by atoms with Crippen molar-refractivity contribution in [2.24, 2.45) is 5.73 Å². The van der Waals surface area contributed by atoms with Crippen LogP contribution in [0.15, 0.2) is 0 Å². The van der Waals surface area contributed by atoms with Crippen molar-refractivity contribution in [3.05, 3.63) is 0 Å². The molecule has 0 saturated carbocycles. The van der Waals surface area contributed by atoms with Crippen LogP contribution in [0.5, 0.6) is 0 Å². The van der Waals surface area contributed by atoms with E-state index in [0.29, 0.717) is 0 Å². The van der Waals surface area contributed by atoms with Crippen molar-refractivity contribution >= 4 is 11.9 Å². The van der Waals surface area contributed by atoms with Gasteiger partial charge in [0.25, 0.3) is 0 Å². The average Bonchev–Trinajstić information content (AvgIpc) is 2.63. The van der Waals surface area contributed by atoms with Crippen LogP contribution in [0.3, 0.4) is 0 Å². The maximum Gasteiger partial charge on any atom is 0.305 e. The van der Waals surface area contributed by atoms with Crippen LogP contribution in [0.1, 0.15) is 27.7 Å². The van der Waals surface area contributed by atoms with Gasteiger partial charge < -0.3 is 29.4 Å². The quantitative estimate of drug-likeness (QED) is 0.707. The van der Waals surface area contributed by atoms with Crippen molar-refractivity contribution in [1.29, 1.82) is 0 Å². The van der Waals surface area contributed by atoms with Gasteiger partial charge in [-0.05, 0) is 13.8 Å². The molecule has 2 heterocycles. The van der Waals surface area contributed by atoms with Gasteiger partial charge in [-0.25, -0.2) is 0 Å². The molecule has 0 aromatic carbocycles. The molecule has 0 radical (unpaired) electrons. The van der Waals surface area contributed by atoms with Crippen molar-refractivity contribution in [2.45, 2.75) is 57.5 Å². The van der Waals surface area contributed by atoms with Crippen LogP contribution < -0.4 is 5.73 Å². The molecule has 120 valence electrons. The first-order chi connectivity index (χ1) is 9.66. The van der Waals surface area contributed by atoms with Gasteiger partial charge in [-0.1, -0.05) is 0 Å². The van der Waals surface area contributed by atoms with Crippen LogP contribution in [-0.2, 0) is 33.3 Å². The molecule has 2 N–H and O–H groups in total. The van der Waals surface area contributed by atoms with Gasteiger partial charge in [-0.3, -0.25) is 9.59 Å². The van der Waals surface area contributed by atoms with Gasteiger partial charge in [-0.2, -0.15) is 0 Å². The number of hydrogen-bond donors (Lipinski definition) is 1. The van der Waals surface area contributed by atoms with Crippen molar-refractivity contribution < 1.29 is 33.3 Å². The molecule has 2 aliphatic rings. The van der Waals surface area contributed by atoms with E-state index < -0.39 is 41.8 Å². The van der Waals surface area contributed by atoms with Gasteiger partial charge in [-0.15, -0.1) is 0 Å². The number of carbonyl (C=O) groups is 2. The van der Waals surface area contributed by atoms with Gasteiger partial charge in [0.1, 0.15) is 12.7 Å². The molecular formula is C13H21NO7. The van der Waals surface area contributed by atoms with E-state index in [2.05, 4.69) is 0 Å². The maximum atomic E-state index is 11.3. The fourth-order valence-corrected chi connectivity index (χ4v) is 2.68. The SMILES string of the molecule is CC(=O)OC[C@@]12OC(C)(C)O[C@@H]1[C@H](N)COC2OC(C)=O. The molecule has 0 aliphatic carbocycles. The zero-order chi connectivity index (χ0) is 15.8.